The van der Waals surface area contributed by atoms with Crippen LogP contribution in [0.5, 0.6) is 11.5 Å². The van der Waals surface area contributed by atoms with Crippen LogP contribution in [-0.4, -0.2) is 28.2 Å². The normalized spacial score (nSPS) is 17.4. The van der Waals surface area contributed by atoms with Gasteiger partial charge in [-0.1, -0.05) is 24.2 Å². The zero-order chi connectivity index (χ0) is 26.7. The minimum absolute atomic E-state index is 0.000305. The average molecular weight is 516 g/mol. The SMILES string of the molecule is CCO/N=C(\CC)C1=C(O)CC(c2cccc(Oc3cc(C(F)(F)F)nc(C(F)(F)F)c3)c2)CC1=O. The van der Waals surface area contributed by atoms with Gasteiger partial charge >= 0.3 is 12.4 Å². The number of rotatable bonds is 7. The number of ketones is 1. The monoisotopic (exact) mass is 516 g/mol. The number of hydrogen-bond acceptors (Lipinski definition) is 6. The van der Waals surface area contributed by atoms with Crippen LogP contribution in [-0.2, 0) is 22.0 Å². The van der Waals surface area contributed by atoms with Gasteiger partial charge in [0.1, 0.15) is 35.3 Å². The zero-order valence-electron chi connectivity index (χ0n) is 19.2. The molecule has 1 N–H and O–H groups in total. The van der Waals surface area contributed by atoms with Gasteiger partial charge in [0.05, 0.1) is 11.3 Å². The van der Waals surface area contributed by atoms with Crippen molar-refractivity contribution < 1.29 is 45.8 Å². The van der Waals surface area contributed by atoms with E-state index in [9.17, 15) is 36.2 Å². The molecule has 1 aliphatic rings. The number of aliphatic hydroxyl groups is 1. The van der Waals surface area contributed by atoms with Crippen molar-refractivity contribution in [3.8, 4) is 11.5 Å². The number of allylic oxidation sites excluding steroid dienone is 2. The van der Waals surface area contributed by atoms with Gasteiger partial charge in [-0.2, -0.15) is 26.3 Å². The number of pyridine rings is 1. The molecule has 1 aromatic heterocycles. The number of Topliss-reactive ketones (excluding diaryl/α,β-unsaturated/α-hetero) is 1. The molecule has 36 heavy (non-hydrogen) atoms. The van der Waals surface area contributed by atoms with Gasteiger partial charge in [-0.15, -0.1) is 0 Å². The summed E-state index contributed by atoms with van der Waals surface area (Å²) in [6.07, 6.45) is -9.81. The van der Waals surface area contributed by atoms with Crippen LogP contribution >= 0.6 is 0 Å². The van der Waals surface area contributed by atoms with Crippen molar-refractivity contribution in [1.29, 1.82) is 0 Å². The number of aliphatic hydroxyl groups excluding tert-OH is 1. The van der Waals surface area contributed by atoms with Gasteiger partial charge in [0, 0.05) is 25.0 Å². The molecule has 0 radical (unpaired) electrons. The Morgan fingerprint density at radius 3 is 2.19 bits per heavy atom. The molecule has 3 rings (SSSR count). The first-order chi connectivity index (χ1) is 16.8. The van der Waals surface area contributed by atoms with E-state index in [1.807, 2.05) is 0 Å². The lowest BCUT2D eigenvalue weighted by molar-refractivity contribution is -0.150. The van der Waals surface area contributed by atoms with Crippen LogP contribution in [0.2, 0.25) is 0 Å². The maximum Gasteiger partial charge on any atom is 0.433 e. The zero-order valence-corrected chi connectivity index (χ0v) is 19.2. The fourth-order valence-electron chi connectivity index (χ4n) is 3.71. The molecule has 0 saturated carbocycles. The number of carbonyl (C=O) groups is 1. The van der Waals surface area contributed by atoms with Crippen molar-refractivity contribution in [2.45, 2.75) is 51.4 Å². The van der Waals surface area contributed by atoms with Crippen molar-refractivity contribution in [3.05, 3.63) is 64.7 Å². The van der Waals surface area contributed by atoms with Gasteiger partial charge < -0.3 is 14.7 Å². The fourth-order valence-corrected chi connectivity index (χ4v) is 3.71. The summed E-state index contributed by atoms with van der Waals surface area (Å²) in [7, 11) is 0. The second-order valence-corrected chi connectivity index (χ2v) is 7.90. The van der Waals surface area contributed by atoms with Crippen molar-refractivity contribution in [3.63, 3.8) is 0 Å². The molecule has 0 fully saturated rings. The number of nitrogens with zero attached hydrogens (tertiary/aromatic N) is 2. The summed E-state index contributed by atoms with van der Waals surface area (Å²) in [6, 6.07) is 6.59. The molecule has 6 nitrogen and oxygen atoms in total. The Morgan fingerprint density at radius 1 is 1.03 bits per heavy atom. The lowest BCUT2D eigenvalue weighted by Gasteiger charge is -2.24. The topological polar surface area (TPSA) is 81.0 Å². The number of aromatic nitrogens is 1. The summed E-state index contributed by atoms with van der Waals surface area (Å²) in [4.78, 5) is 20.4. The molecule has 12 heteroatoms. The molecule has 1 aliphatic carbocycles. The summed E-state index contributed by atoms with van der Waals surface area (Å²) in [6.45, 7) is 3.76. The number of alkyl halides is 6. The Bertz CT molecular complexity index is 1160. The quantitative estimate of drug-likeness (QED) is 0.244. The van der Waals surface area contributed by atoms with E-state index in [-0.39, 0.29) is 42.3 Å². The molecule has 1 atom stereocenters. The maximum atomic E-state index is 13.1. The number of benzene rings is 1. The molecule has 0 bridgehead atoms. The number of carbonyl (C=O) groups excluding carboxylic acids is 1. The van der Waals surface area contributed by atoms with Gasteiger partial charge in [-0.3, -0.25) is 4.79 Å². The van der Waals surface area contributed by atoms with E-state index in [0.29, 0.717) is 29.8 Å². The highest BCUT2D eigenvalue weighted by molar-refractivity contribution is 6.23. The van der Waals surface area contributed by atoms with Crippen LogP contribution in [0.3, 0.4) is 0 Å². The molecule has 1 unspecified atom stereocenters. The Kier molecular flexibility index (Phi) is 7.95. The highest BCUT2D eigenvalue weighted by Crippen LogP contribution is 2.39. The van der Waals surface area contributed by atoms with E-state index in [1.165, 1.54) is 18.2 Å². The molecular formula is C24H22F6N2O4. The number of halogens is 6. The Labute approximate surface area is 202 Å². The van der Waals surface area contributed by atoms with Crippen LogP contribution < -0.4 is 4.74 Å². The van der Waals surface area contributed by atoms with Crippen LogP contribution in [0.15, 0.2) is 52.9 Å². The third kappa shape index (κ3) is 6.35. The largest absolute Gasteiger partial charge is 0.511 e. The molecule has 1 aromatic carbocycles. The molecule has 0 amide bonds. The van der Waals surface area contributed by atoms with Crippen molar-refractivity contribution in [2.24, 2.45) is 5.16 Å². The smallest absolute Gasteiger partial charge is 0.433 e. The van der Waals surface area contributed by atoms with E-state index >= 15 is 0 Å². The van der Waals surface area contributed by atoms with Gasteiger partial charge in [0.2, 0.25) is 0 Å². The third-order valence-electron chi connectivity index (χ3n) is 5.31. The van der Waals surface area contributed by atoms with Gasteiger partial charge in [-0.05, 0) is 37.0 Å². The van der Waals surface area contributed by atoms with Gasteiger partial charge in [0.25, 0.3) is 0 Å². The van der Waals surface area contributed by atoms with E-state index in [0.717, 1.165) is 0 Å². The Balaban J connectivity index is 1.89. The predicted molar refractivity (Wildman–Crippen MR) is 117 cm³/mol. The van der Waals surface area contributed by atoms with Crippen LogP contribution in [0, 0.1) is 0 Å². The summed E-state index contributed by atoms with van der Waals surface area (Å²) in [5.74, 6) is -1.79. The van der Waals surface area contributed by atoms with Crippen molar-refractivity contribution in [2.75, 3.05) is 6.61 Å². The second-order valence-electron chi connectivity index (χ2n) is 7.90. The van der Waals surface area contributed by atoms with Crippen LogP contribution in [0.1, 0.15) is 56.0 Å². The maximum absolute atomic E-state index is 13.1. The Hall–Kier alpha value is -3.57. The standard InChI is InChI=1S/C24H22F6N2O4/c1-3-17(32-35-4-2)22-18(33)9-14(10-19(22)34)13-6-5-7-15(8-13)36-16-11-20(23(25,26)27)31-21(12-16)24(28,29)30/h5-8,11-12,14,33H,3-4,9-10H2,1-2H3/b32-17+. The van der Waals surface area contributed by atoms with E-state index in [1.54, 1.807) is 19.9 Å². The van der Waals surface area contributed by atoms with Gasteiger partial charge in [-0.25, -0.2) is 4.98 Å². The lowest BCUT2D eigenvalue weighted by Crippen LogP contribution is -2.23. The highest BCUT2D eigenvalue weighted by atomic mass is 19.4. The van der Waals surface area contributed by atoms with Crippen LogP contribution in [0.25, 0.3) is 0 Å². The van der Waals surface area contributed by atoms with E-state index < -0.39 is 35.4 Å². The Morgan fingerprint density at radius 2 is 1.67 bits per heavy atom. The van der Waals surface area contributed by atoms with Crippen molar-refractivity contribution >= 4 is 11.5 Å². The predicted octanol–water partition coefficient (Wildman–Crippen LogP) is 6.97. The lowest BCUT2D eigenvalue weighted by atomic mass is 9.81. The summed E-state index contributed by atoms with van der Waals surface area (Å²) >= 11 is 0. The first kappa shape index (κ1) is 27.0. The summed E-state index contributed by atoms with van der Waals surface area (Å²) in [5, 5.41) is 14.4. The molecular weight excluding hydrogens is 494 g/mol. The first-order valence-electron chi connectivity index (χ1n) is 10.9. The first-order valence-corrected chi connectivity index (χ1v) is 10.9. The molecule has 0 spiro atoms. The molecule has 0 aliphatic heterocycles. The average Bonchev–Trinajstić information content (AvgIpc) is 2.79. The molecule has 194 valence electrons. The number of ether oxygens (including phenoxy) is 1. The summed E-state index contributed by atoms with van der Waals surface area (Å²) in [5.41, 5.74) is -2.58. The fraction of sp³-hybridized carbons (Fsp3) is 0.375. The molecule has 0 saturated heterocycles. The highest BCUT2D eigenvalue weighted by Gasteiger charge is 2.39. The number of oxime groups is 1. The van der Waals surface area contributed by atoms with E-state index in [4.69, 9.17) is 9.57 Å². The van der Waals surface area contributed by atoms with E-state index in [2.05, 4.69) is 10.1 Å². The van der Waals surface area contributed by atoms with Gasteiger partial charge in [0.15, 0.2) is 5.78 Å². The summed E-state index contributed by atoms with van der Waals surface area (Å²) < 4.78 is 83.8. The van der Waals surface area contributed by atoms with Crippen molar-refractivity contribution in [1.82, 2.24) is 4.98 Å². The van der Waals surface area contributed by atoms with Crippen LogP contribution in [0.4, 0.5) is 26.3 Å². The minimum Gasteiger partial charge on any atom is -0.511 e. The minimum atomic E-state index is -5.12. The number of hydrogen-bond donors (Lipinski definition) is 1. The molecule has 1 heterocycles. The second kappa shape index (κ2) is 10.6. The third-order valence-corrected chi connectivity index (χ3v) is 5.31. The molecule has 2 aromatic rings.